The molecule has 0 atom stereocenters. The second kappa shape index (κ2) is 13.5. The van der Waals surface area contributed by atoms with E-state index in [1.165, 1.54) is 12.8 Å². The van der Waals surface area contributed by atoms with E-state index in [0.717, 1.165) is 26.1 Å². The number of nitrogens with two attached hydrogens (primary N) is 1. The molecule has 0 radical (unpaired) electrons. The van der Waals surface area contributed by atoms with Crippen LogP contribution in [-0.2, 0) is 25.5 Å². The van der Waals surface area contributed by atoms with Gasteiger partial charge in [0, 0.05) is 17.7 Å². The molecular weight excluding hydrogens is 470 g/mol. The number of nitrogens with zero attached hydrogens (tertiary/aromatic N) is 1. The molecule has 2 aliphatic carbocycles. The zero-order valence-corrected chi connectivity index (χ0v) is 20.7. The van der Waals surface area contributed by atoms with E-state index in [9.17, 15) is 14.4 Å². The number of carbonyl (C=O) groups is 3. The van der Waals surface area contributed by atoms with Crippen LogP contribution >= 0.6 is 0 Å². The second-order valence-electron chi connectivity index (χ2n) is 8.16. The first-order valence-electron chi connectivity index (χ1n) is 12.1. The molecule has 3 N–H and O–H groups in total. The van der Waals surface area contributed by atoms with Gasteiger partial charge in [-0.25, -0.2) is 15.1 Å². The monoisotopic (exact) mass is 503 g/mol. The van der Waals surface area contributed by atoms with Gasteiger partial charge in [-0.15, -0.1) is 0 Å². The van der Waals surface area contributed by atoms with Gasteiger partial charge in [-0.3, -0.25) is 9.63 Å². The summed E-state index contributed by atoms with van der Waals surface area (Å²) in [5.41, 5.74) is 9.98. The van der Waals surface area contributed by atoms with Crippen LogP contribution < -0.4 is 20.7 Å². The van der Waals surface area contributed by atoms with Gasteiger partial charge in [0.05, 0.1) is 26.2 Å². The van der Waals surface area contributed by atoms with Crippen LogP contribution in [0.15, 0.2) is 24.3 Å². The molecule has 1 aliphatic heterocycles. The Morgan fingerprint density at radius 1 is 0.917 bits per heavy atom. The molecule has 1 fully saturated rings. The number of nitrogen functional groups attached to an aromatic ring is 1. The van der Waals surface area contributed by atoms with Crippen molar-refractivity contribution in [2.75, 3.05) is 45.2 Å². The maximum absolute atomic E-state index is 12.3. The summed E-state index contributed by atoms with van der Waals surface area (Å²) in [6, 6.07) is 6.61. The summed E-state index contributed by atoms with van der Waals surface area (Å²) in [5.74, 6) is -0.348. The fraction of sp³-hybridized carbons (Fsp3) is 0.480. The lowest BCUT2D eigenvalue weighted by Gasteiger charge is -2.13. The van der Waals surface area contributed by atoms with E-state index < -0.39 is 12.3 Å². The molecule has 1 heterocycles. The van der Waals surface area contributed by atoms with Crippen molar-refractivity contribution in [2.45, 2.75) is 39.5 Å². The summed E-state index contributed by atoms with van der Waals surface area (Å²) in [4.78, 5) is 44.0. The summed E-state index contributed by atoms with van der Waals surface area (Å²) in [7, 11) is 0. The Bertz CT molecular complexity index is 965. The third kappa shape index (κ3) is 7.46. The summed E-state index contributed by atoms with van der Waals surface area (Å²) in [6.07, 6.45) is 1.45. The minimum absolute atomic E-state index is 0.0179. The van der Waals surface area contributed by atoms with E-state index in [-0.39, 0.29) is 42.7 Å². The number of hydrogen-bond acceptors (Lipinski definition) is 10. The van der Waals surface area contributed by atoms with Gasteiger partial charge in [0.2, 0.25) is 5.91 Å². The SMILES string of the molecule is CCOC(=O)Oc1c2ccc(CC(=O)NOCCCN3CCCC3)ccc-2c(OC(=O)OCC)c1N. The standard InChI is InChI=1S/C25H33N3O8/c1-3-32-24(30)35-22-18-10-8-17(9-11-19(18)23(21(22)26)36-25(31)33-4-2)16-20(29)27-34-15-7-14-28-12-5-6-13-28/h8-11H,3-7,12-16,26H2,1-2H3,(H,27,29). The lowest BCUT2D eigenvalue weighted by Crippen LogP contribution is -2.27. The average Bonchev–Trinajstić information content (AvgIpc) is 3.37. The van der Waals surface area contributed by atoms with E-state index >= 15 is 0 Å². The number of likely N-dealkylation sites (tertiary alicyclic amines) is 1. The molecule has 0 aromatic rings. The van der Waals surface area contributed by atoms with Crippen molar-refractivity contribution in [3.05, 3.63) is 29.8 Å². The number of ether oxygens (including phenoxy) is 4. The van der Waals surface area contributed by atoms with Gasteiger partial charge in [0.1, 0.15) is 5.69 Å². The van der Waals surface area contributed by atoms with Crippen LogP contribution in [0.2, 0.25) is 0 Å². The highest BCUT2D eigenvalue weighted by Crippen LogP contribution is 2.50. The van der Waals surface area contributed by atoms with Crippen LogP contribution in [0.25, 0.3) is 11.1 Å². The van der Waals surface area contributed by atoms with Crippen molar-refractivity contribution in [1.29, 1.82) is 0 Å². The molecule has 0 bridgehead atoms. The van der Waals surface area contributed by atoms with Crippen molar-refractivity contribution in [3.8, 4) is 22.6 Å². The second-order valence-corrected chi connectivity index (χ2v) is 8.16. The van der Waals surface area contributed by atoms with Crippen molar-refractivity contribution < 1.29 is 38.2 Å². The third-order valence-corrected chi connectivity index (χ3v) is 5.56. The lowest BCUT2D eigenvalue weighted by atomic mass is 10.2. The highest BCUT2D eigenvalue weighted by atomic mass is 16.7. The quantitative estimate of drug-likeness (QED) is 0.266. The smallest absolute Gasteiger partial charge is 0.434 e. The Morgan fingerprint density at radius 2 is 1.47 bits per heavy atom. The van der Waals surface area contributed by atoms with Crippen molar-refractivity contribution in [3.63, 3.8) is 0 Å². The Balaban J connectivity index is 1.69. The van der Waals surface area contributed by atoms with Gasteiger partial charge in [0.15, 0.2) is 11.5 Å². The normalized spacial score (nSPS) is 13.4. The van der Waals surface area contributed by atoms with Crippen LogP contribution in [0, 0.1) is 0 Å². The summed E-state index contributed by atoms with van der Waals surface area (Å²) in [5, 5.41) is 0. The number of hydroxylamine groups is 1. The maximum atomic E-state index is 12.3. The fourth-order valence-electron chi connectivity index (χ4n) is 3.92. The molecule has 0 aromatic heterocycles. The van der Waals surface area contributed by atoms with Gasteiger partial charge in [-0.2, -0.15) is 0 Å². The van der Waals surface area contributed by atoms with Crippen LogP contribution in [0.1, 0.15) is 38.7 Å². The molecule has 196 valence electrons. The number of rotatable bonds is 11. The molecule has 1 saturated heterocycles. The molecule has 1 amide bonds. The van der Waals surface area contributed by atoms with Crippen LogP contribution in [0.4, 0.5) is 15.3 Å². The summed E-state index contributed by atoms with van der Waals surface area (Å²) in [6.45, 7) is 7.12. The first-order valence-corrected chi connectivity index (χ1v) is 12.1. The molecule has 0 unspecified atom stereocenters. The molecule has 3 rings (SSSR count). The van der Waals surface area contributed by atoms with E-state index in [0.29, 0.717) is 23.3 Å². The fourth-order valence-corrected chi connectivity index (χ4v) is 3.92. The topological polar surface area (TPSA) is 139 Å². The Labute approximate surface area is 210 Å². The molecular formula is C25H33N3O8. The molecule has 0 saturated carbocycles. The number of carbonyl (C=O) groups excluding carboxylic acids is 3. The molecule has 11 heteroatoms. The Kier molecular flexibility index (Phi) is 10.1. The van der Waals surface area contributed by atoms with E-state index in [2.05, 4.69) is 10.4 Å². The number of nitrogens with one attached hydrogen (secondary N) is 1. The minimum atomic E-state index is -0.952. The first kappa shape index (κ1) is 27.0. The Hall–Kier alpha value is -3.57. The average molecular weight is 504 g/mol. The number of hydrogen-bond donors (Lipinski definition) is 2. The summed E-state index contributed by atoms with van der Waals surface area (Å²) >= 11 is 0. The summed E-state index contributed by atoms with van der Waals surface area (Å²) < 4.78 is 20.2. The predicted molar refractivity (Wildman–Crippen MR) is 131 cm³/mol. The number of anilines is 1. The zero-order valence-electron chi connectivity index (χ0n) is 20.7. The zero-order chi connectivity index (χ0) is 25.9. The maximum Gasteiger partial charge on any atom is 0.513 e. The van der Waals surface area contributed by atoms with Crippen LogP contribution in [0.3, 0.4) is 0 Å². The van der Waals surface area contributed by atoms with Gasteiger partial charge in [-0.05, 0) is 51.8 Å². The van der Waals surface area contributed by atoms with E-state index in [1.54, 1.807) is 38.1 Å². The highest BCUT2D eigenvalue weighted by molar-refractivity contribution is 5.95. The van der Waals surface area contributed by atoms with Crippen LogP contribution in [-0.4, -0.2) is 62.6 Å². The molecule has 0 aromatic carbocycles. The molecule has 11 nitrogen and oxygen atoms in total. The van der Waals surface area contributed by atoms with Gasteiger partial charge < -0.3 is 29.6 Å². The minimum Gasteiger partial charge on any atom is -0.434 e. The number of amides is 1. The molecule has 3 aliphatic rings. The van der Waals surface area contributed by atoms with Gasteiger partial charge in [0.25, 0.3) is 0 Å². The molecule has 0 spiro atoms. The largest absolute Gasteiger partial charge is 0.513 e. The third-order valence-electron chi connectivity index (χ3n) is 5.56. The Morgan fingerprint density at radius 3 is 2.00 bits per heavy atom. The van der Waals surface area contributed by atoms with E-state index in [1.807, 2.05) is 0 Å². The van der Waals surface area contributed by atoms with Crippen molar-refractivity contribution in [1.82, 2.24) is 10.4 Å². The van der Waals surface area contributed by atoms with Gasteiger partial charge >= 0.3 is 12.3 Å². The number of fused-ring (bicyclic) bond motifs is 1. The van der Waals surface area contributed by atoms with Gasteiger partial charge in [-0.1, -0.05) is 24.3 Å². The highest BCUT2D eigenvalue weighted by Gasteiger charge is 2.28. The first-order chi connectivity index (χ1) is 17.4. The predicted octanol–water partition coefficient (Wildman–Crippen LogP) is 3.52. The molecule has 36 heavy (non-hydrogen) atoms. The lowest BCUT2D eigenvalue weighted by molar-refractivity contribution is -0.133. The van der Waals surface area contributed by atoms with Crippen molar-refractivity contribution >= 4 is 23.9 Å². The van der Waals surface area contributed by atoms with E-state index in [4.69, 9.17) is 29.5 Å². The van der Waals surface area contributed by atoms with Crippen LogP contribution in [0.5, 0.6) is 11.5 Å². The van der Waals surface area contributed by atoms with Crippen molar-refractivity contribution in [2.24, 2.45) is 0 Å².